The SMILES string of the molecule is Cc1nc(=O)[nH]c(C)c1CC(=O)N1CCCC(C)(O)CC1. The molecule has 2 N–H and O–H groups in total. The summed E-state index contributed by atoms with van der Waals surface area (Å²) in [4.78, 5) is 32.0. The molecule has 116 valence electrons. The smallest absolute Gasteiger partial charge is 0.345 e. The molecule has 0 spiro atoms. The van der Waals surface area contributed by atoms with E-state index in [2.05, 4.69) is 9.97 Å². The second kappa shape index (κ2) is 5.97. The van der Waals surface area contributed by atoms with Crippen molar-refractivity contribution < 1.29 is 9.90 Å². The lowest BCUT2D eigenvalue weighted by Gasteiger charge is -2.23. The third kappa shape index (κ3) is 3.91. The second-order valence-electron chi connectivity index (χ2n) is 6.14. The minimum atomic E-state index is -0.680. The van der Waals surface area contributed by atoms with Gasteiger partial charge in [0.15, 0.2) is 0 Å². The average Bonchev–Trinajstić information content (AvgIpc) is 2.54. The highest BCUT2D eigenvalue weighted by molar-refractivity contribution is 5.79. The Morgan fingerprint density at radius 3 is 2.76 bits per heavy atom. The molecule has 0 aromatic carbocycles. The zero-order chi connectivity index (χ0) is 15.6. The lowest BCUT2D eigenvalue weighted by atomic mass is 9.98. The molecule has 1 aromatic heterocycles. The van der Waals surface area contributed by atoms with Crippen molar-refractivity contribution >= 4 is 5.91 Å². The van der Waals surface area contributed by atoms with Gasteiger partial charge in [0.05, 0.1) is 12.0 Å². The van der Waals surface area contributed by atoms with Gasteiger partial charge < -0.3 is 15.0 Å². The van der Waals surface area contributed by atoms with Crippen LogP contribution in [0, 0.1) is 13.8 Å². The van der Waals surface area contributed by atoms with Crippen LogP contribution in [0.3, 0.4) is 0 Å². The summed E-state index contributed by atoms with van der Waals surface area (Å²) in [6, 6.07) is 0. The molecule has 2 heterocycles. The highest BCUT2D eigenvalue weighted by atomic mass is 16.3. The van der Waals surface area contributed by atoms with Gasteiger partial charge >= 0.3 is 5.69 Å². The molecule has 1 fully saturated rings. The summed E-state index contributed by atoms with van der Waals surface area (Å²) in [6.07, 6.45) is 2.36. The number of nitrogens with zero attached hydrogens (tertiary/aromatic N) is 2. The number of aromatic amines is 1. The molecule has 0 aliphatic carbocycles. The van der Waals surface area contributed by atoms with Crippen molar-refractivity contribution in [1.82, 2.24) is 14.9 Å². The van der Waals surface area contributed by atoms with Crippen LogP contribution in [0.4, 0.5) is 0 Å². The van der Waals surface area contributed by atoms with E-state index < -0.39 is 5.60 Å². The van der Waals surface area contributed by atoms with E-state index in [0.717, 1.165) is 18.4 Å². The molecular weight excluding hydrogens is 270 g/mol. The Balaban J connectivity index is 2.10. The Morgan fingerprint density at radius 1 is 1.38 bits per heavy atom. The molecule has 1 aromatic rings. The van der Waals surface area contributed by atoms with Gasteiger partial charge in [0.2, 0.25) is 5.91 Å². The van der Waals surface area contributed by atoms with Crippen molar-refractivity contribution in [2.45, 2.75) is 52.1 Å². The topological polar surface area (TPSA) is 86.3 Å². The van der Waals surface area contributed by atoms with E-state index in [-0.39, 0.29) is 18.0 Å². The second-order valence-corrected chi connectivity index (χ2v) is 6.14. The fraction of sp³-hybridized carbons (Fsp3) is 0.667. The zero-order valence-electron chi connectivity index (χ0n) is 12.9. The number of amides is 1. The number of aromatic nitrogens is 2. The minimum Gasteiger partial charge on any atom is -0.390 e. The fourth-order valence-corrected chi connectivity index (χ4v) is 2.79. The van der Waals surface area contributed by atoms with Gasteiger partial charge in [0, 0.05) is 30.0 Å². The molecule has 1 unspecified atom stereocenters. The molecule has 2 rings (SSSR count). The van der Waals surface area contributed by atoms with Crippen molar-refractivity contribution in [3.8, 4) is 0 Å². The predicted octanol–water partition coefficient (Wildman–Crippen LogP) is 0.693. The van der Waals surface area contributed by atoms with E-state index in [0.29, 0.717) is 30.9 Å². The summed E-state index contributed by atoms with van der Waals surface area (Å²) in [7, 11) is 0. The monoisotopic (exact) mass is 293 g/mol. The Hall–Kier alpha value is -1.69. The summed E-state index contributed by atoms with van der Waals surface area (Å²) < 4.78 is 0. The average molecular weight is 293 g/mol. The first kappa shape index (κ1) is 15.7. The van der Waals surface area contributed by atoms with Crippen LogP contribution in [0.1, 0.15) is 43.1 Å². The van der Waals surface area contributed by atoms with Gasteiger partial charge in [-0.15, -0.1) is 0 Å². The zero-order valence-corrected chi connectivity index (χ0v) is 12.9. The molecule has 0 radical (unpaired) electrons. The van der Waals surface area contributed by atoms with Gasteiger partial charge in [0.25, 0.3) is 0 Å². The molecule has 1 aliphatic heterocycles. The van der Waals surface area contributed by atoms with Crippen molar-refractivity contribution in [3.05, 3.63) is 27.4 Å². The van der Waals surface area contributed by atoms with Crippen LogP contribution in [0.2, 0.25) is 0 Å². The van der Waals surface area contributed by atoms with Gasteiger partial charge in [-0.3, -0.25) is 4.79 Å². The molecule has 1 aliphatic rings. The number of H-pyrrole nitrogens is 1. The summed E-state index contributed by atoms with van der Waals surface area (Å²) in [6.45, 7) is 6.59. The first-order valence-electron chi connectivity index (χ1n) is 7.35. The number of carbonyl (C=O) groups is 1. The normalized spacial score (nSPS) is 23.0. The number of aryl methyl sites for hydroxylation is 2. The molecule has 6 heteroatoms. The standard InChI is InChI=1S/C15H23N3O3/c1-10-12(11(2)17-14(20)16-10)9-13(19)18-7-4-5-15(3,21)6-8-18/h21H,4-9H2,1-3H3,(H,16,17,20). The van der Waals surface area contributed by atoms with Crippen molar-refractivity contribution in [3.63, 3.8) is 0 Å². The van der Waals surface area contributed by atoms with Gasteiger partial charge in [0.1, 0.15) is 0 Å². The van der Waals surface area contributed by atoms with Crippen molar-refractivity contribution in [2.24, 2.45) is 0 Å². The number of hydrogen-bond donors (Lipinski definition) is 2. The molecular formula is C15H23N3O3. The van der Waals surface area contributed by atoms with Crippen molar-refractivity contribution in [1.29, 1.82) is 0 Å². The number of rotatable bonds is 2. The maximum absolute atomic E-state index is 12.4. The maximum atomic E-state index is 12.4. The largest absolute Gasteiger partial charge is 0.390 e. The molecule has 1 atom stereocenters. The van der Waals surface area contributed by atoms with Gasteiger partial charge in [-0.1, -0.05) is 0 Å². The predicted molar refractivity (Wildman–Crippen MR) is 79.1 cm³/mol. The lowest BCUT2D eigenvalue weighted by Crippen LogP contribution is -2.35. The first-order valence-corrected chi connectivity index (χ1v) is 7.35. The summed E-state index contributed by atoms with van der Waals surface area (Å²) >= 11 is 0. The third-order valence-corrected chi connectivity index (χ3v) is 4.20. The van der Waals surface area contributed by atoms with Crippen LogP contribution in [-0.2, 0) is 11.2 Å². The minimum absolute atomic E-state index is 0.0211. The third-order valence-electron chi connectivity index (χ3n) is 4.20. The van der Waals surface area contributed by atoms with E-state index in [1.54, 1.807) is 18.7 Å². The van der Waals surface area contributed by atoms with E-state index in [1.807, 2.05) is 6.92 Å². The first-order chi connectivity index (χ1) is 9.78. The lowest BCUT2D eigenvalue weighted by molar-refractivity contribution is -0.130. The van der Waals surface area contributed by atoms with E-state index in [1.165, 1.54) is 0 Å². The molecule has 1 amide bonds. The summed E-state index contributed by atoms with van der Waals surface area (Å²) in [5.74, 6) is 0.0211. The number of aliphatic hydroxyl groups is 1. The van der Waals surface area contributed by atoms with Crippen LogP contribution in [0.15, 0.2) is 4.79 Å². The Morgan fingerprint density at radius 2 is 2.10 bits per heavy atom. The summed E-state index contributed by atoms with van der Waals surface area (Å²) in [5.41, 5.74) is 1.03. The number of likely N-dealkylation sites (tertiary alicyclic amines) is 1. The van der Waals surface area contributed by atoms with Crippen molar-refractivity contribution in [2.75, 3.05) is 13.1 Å². The molecule has 0 bridgehead atoms. The van der Waals surface area contributed by atoms with Gasteiger partial charge in [-0.2, -0.15) is 4.98 Å². The molecule has 6 nitrogen and oxygen atoms in total. The quantitative estimate of drug-likeness (QED) is 0.840. The Kier molecular flexibility index (Phi) is 4.46. The molecule has 0 saturated carbocycles. The van der Waals surface area contributed by atoms with E-state index in [9.17, 15) is 14.7 Å². The molecule has 1 saturated heterocycles. The maximum Gasteiger partial charge on any atom is 0.345 e. The highest BCUT2D eigenvalue weighted by Gasteiger charge is 2.27. The molecule has 21 heavy (non-hydrogen) atoms. The fourth-order valence-electron chi connectivity index (χ4n) is 2.79. The van der Waals surface area contributed by atoms with E-state index >= 15 is 0 Å². The number of carbonyl (C=O) groups excluding carboxylic acids is 1. The van der Waals surface area contributed by atoms with E-state index in [4.69, 9.17) is 0 Å². The number of nitrogens with one attached hydrogen (secondary N) is 1. The highest BCUT2D eigenvalue weighted by Crippen LogP contribution is 2.22. The number of hydrogen-bond acceptors (Lipinski definition) is 4. The van der Waals surface area contributed by atoms with Gasteiger partial charge in [-0.25, -0.2) is 4.79 Å². The van der Waals surface area contributed by atoms with Crippen LogP contribution >= 0.6 is 0 Å². The van der Waals surface area contributed by atoms with Crippen LogP contribution in [0.25, 0.3) is 0 Å². The van der Waals surface area contributed by atoms with Crippen LogP contribution < -0.4 is 5.69 Å². The van der Waals surface area contributed by atoms with Crippen LogP contribution in [-0.4, -0.2) is 44.6 Å². The Labute approximate surface area is 124 Å². The van der Waals surface area contributed by atoms with Gasteiger partial charge in [-0.05, 0) is 40.0 Å². The Bertz CT molecular complexity index is 566. The van der Waals surface area contributed by atoms with Crippen LogP contribution in [0.5, 0.6) is 0 Å². The summed E-state index contributed by atoms with van der Waals surface area (Å²) in [5, 5.41) is 10.1.